The van der Waals surface area contributed by atoms with Crippen molar-refractivity contribution in [2.24, 2.45) is 0 Å². The second-order valence-corrected chi connectivity index (χ2v) is 30.6. The van der Waals surface area contributed by atoms with Crippen LogP contribution in [0.15, 0.2) is 243 Å². The largest absolute Gasteiger partial charge is 0.472 e. The summed E-state index contributed by atoms with van der Waals surface area (Å²) in [6.07, 6.45) is 113. The highest BCUT2D eigenvalue weighted by molar-refractivity contribution is 7.47. The van der Waals surface area contributed by atoms with E-state index in [-0.39, 0.29) is 25.7 Å². The fourth-order valence-electron chi connectivity index (χ4n) is 10.3. The van der Waals surface area contributed by atoms with E-state index in [9.17, 15) is 43.2 Å². The van der Waals surface area contributed by atoms with Crippen LogP contribution < -0.4 is 0 Å². The Morgan fingerprint density at radius 1 is 0.250 bits per heavy atom. The molecule has 116 heavy (non-hydrogen) atoms. The van der Waals surface area contributed by atoms with E-state index in [2.05, 4.69) is 216 Å². The van der Waals surface area contributed by atoms with E-state index in [1.165, 1.54) is 57.8 Å². The molecule has 0 aromatic heterocycles. The number of hydrogen-bond donors (Lipinski definition) is 3. The number of aliphatic hydroxyl groups excluding tert-OH is 1. The number of ether oxygens (including phenoxy) is 4. The molecule has 5 atom stereocenters. The van der Waals surface area contributed by atoms with Gasteiger partial charge in [-0.1, -0.05) is 316 Å². The molecular weight excluding hydrogens is 1500 g/mol. The highest BCUT2D eigenvalue weighted by Crippen LogP contribution is 2.45. The lowest BCUT2D eigenvalue weighted by molar-refractivity contribution is -0.161. The fourth-order valence-corrected chi connectivity index (χ4v) is 11.8. The summed E-state index contributed by atoms with van der Waals surface area (Å²) < 4.78 is 68.5. The molecule has 19 heteroatoms. The van der Waals surface area contributed by atoms with Crippen molar-refractivity contribution in [3.63, 3.8) is 0 Å². The molecule has 0 bridgehead atoms. The second-order valence-electron chi connectivity index (χ2n) is 27.7. The van der Waals surface area contributed by atoms with Crippen molar-refractivity contribution in [3.8, 4) is 0 Å². The Balaban J connectivity index is 5.66. The third kappa shape index (κ3) is 84.8. The highest BCUT2D eigenvalue weighted by atomic mass is 31.2. The van der Waals surface area contributed by atoms with Crippen LogP contribution in [0.5, 0.6) is 0 Å². The minimum atomic E-state index is -5.04. The Kier molecular flexibility index (Phi) is 80.5. The van der Waals surface area contributed by atoms with Gasteiger partial charge in [-0.05, 0) is 186 Å². The third-order valence-electron chi connectivity index (χ3n) is 16.8. The molecule has 650 valence electrons. The van der Waals surface area contributed by atoms with E-state index in [0.717, 1.165) is 128 Å². The zero-order valence-electron chi connectivity index (χ0n) is 71.3. The average molecular weight is 1650 g/mol. The van der Waals surface area contributed by atoms with Gasteiger partial charge in [0.15, 0.2) is 12.2 Å². The van der Waals surface area contributed by atoms with Gasteiger partial charge in [0.1, 0.15) is 19.3 Å². The summed E-state index contributed by atoms with van der Waals surface area (Å²) in [5, 5.41) is 10.7. The Morgan fingerprint density at radius 2 is 0.466 bits per heavy atom. The van der Waals surface area contributed by atoms with Crippen LogP contribution in [0, 0.1) is 0 Å². The van der Waals surface area contributed by atoms with Gasteiger partial charge < -0.3 is 33.8 Å². The smallest absolute Gasteiger partial charge is 0.462 e. The summed E-state index contributed by atoms with van der Waals surface area (Å²) in [5.41, 5.74) is 0. The normalized spacial score (nSPS) is 14.9. The number of esters is 4. The minimum absolute atomic E-state index is 0.00934. The van der Waals surface area contributed by atoms with Crippen LogP contribution in [-0.4, -0.2) is 96.7 Å². The number of hydrogen-bond acceptors (Lipinski definition) is 15. The van der Waals surface area contributed by atoms with E-state index >= 15 is 0 Å². The van der Waals surface area contributed by atoms with Gasteiger partial charge in [-0.3, -0.25) is 37.3 Å². The molecule has 0 spiro atoms. The molecular formula is C97H150O17P2. The summed E-state index contributed by atoms with van der Waals surface area (Å²) in [7, 11) is -10.1. The number of aliphatic hydroxyl groups is 1. The second kappa shape index (κ2) is 85.7. The monoisotopic (exact) mass is 1650 g/mol. The summed E-state index contributed by atoms with van der Waals surface area (Å²) >= 11 is 0. The van der Waals surface area contributed by atoms with E-state index in [1.807, 2.05) is 54.7 Å². The molecule has 0 heterocycles. The number of allylic oxidation sites excluding steroid dienone is 40. The number of unbranched alkanes of at least 4 members (excludes halogenated alkanes) is 12. The average Bonchev–Trinajstić information content (AvgIpc) is 0.898. The van der Waals surface area contributed by atoms with Gasteiger partial charge in [0.2, 0.25) is 0 Å². The maximum absolute atomic E-state index is 13.2. The molecule has 0 amide bonds. The van der Waals surface area contributed by atoms with Crippen LogP contribution in [0.4, 0.5) is 0 Å². The van der Waals surface area contributed by atoms with E-state index in [0.29, 0.717) is 44.9 Å². The van der Waals surface area contributed by atoms with Crippen LogP contribution in [0.2, 0.25) is 0 Å². The molecule has 0 aromatic rings. The zero-order chi connectivity index (χ0) is 84.5. The summed E-state index contributed by atoms with van der Waals surface area (Å²) in [4.78, 5) is 73.2. The molecule has 0 rings (SSSR count). The molecule has 0 aromatic carbocycles. The van der Waals surface area contributed by atoms with Gasteiger partial charge >= 0.3 is 39.5 Å². The molecule has 17 nitrogen and oxygen atoms in total. The van der Waals surface area contributed by atoms with Crippen LogP contribution in [0.25, 0.3) is 0 Å². The summed E-state index contributed by atoms with van der Waals surface area (Å²) in [6, 6.07) is 0. The predicted molar refractivity (Wildman–Crippen MR) is 481 cm³/mol. The fraction of sp³-hybridized carbons (Fsp3) is 0.546. The van der Waals surface area contributed by atoms with Crippen molar-refractivity contribution in [2.75, 3.05) is 39.6 Å². The van der Waals surface area contributed by atoms with Gasteiger partial charge in [0.25, 0.3) is 0 Å². The number of carbonyl (C=O) groups excluding carboxylic acids is 4. The molecule has 0 aliphatic carbocycles. The van der Waals surface area contributed by atoms with Gasteiger partial charge in [-0.15, -0.1) is 0 Å². The summed E-state index contributed by atoms with van der Waals surface area (Å²) in [5.74, 6) is -2.54. The number of carbonyl (C=O) groups is 4. The van der Waals surface area contributed by atoms with Crippen LogP contribution in [-0.2, 0) is 65.4 Å². The first-order valence-corrected chi connectivity index (χ1v) is 46.3. The lowest BCUT2D eigenvalue weighted by Crippen LogP contribution is -2.30. The maximum atomic E-state index is 13.2. The SMILES string of the molecule is CC/C=C\C/C=C\C/C=C\C/C=C\C/C=C\CCCCCC(=O)OC[C@H](COP(=O)(O)OC[C@@H](O)COP(=O)(O)OC[C@@H](COC(=O)CC/C=C\C/C=C\C/C=C\C/C=C\C/C=C\CCCCC)OC(=O)CC/C=C\C/C=C\C/C=C\C/C=C\C/C=C\CCCCC)OC(=O)CC/C=C\C/C=C\C/C=C\C/C=C\C/C=C\CCCCC. The van der Waals surface area contributed by atoms with Crippen LogP contribution >= 0.6 is 15.6 Å². The zero-order valence-corrected chi connectivity index (χ0v) is 73.1. The molecule has 0 fully saturated rings. The van der Waals surface area contributed by atoms with Crippen LogP contribution in [0.3, 0.4) is 0 Å². The van der Waals surface area contributed by atoms with Crippen LogP contribution in [0.1, 0.15) is 285 Å². The molecule has 0 saturated heterocycles. The maximum Gasteiger partial charge on any atom is 0.472 e. The summed E-state index contributed by atoms with van der Waals surface area (Å²) in [6.45, 7) is 4.35. The molecule has 2 unspecified atom stereocenters. The van der Waals surface area contributed by atoms with E-state index in [1.54, 1.807) is 0 Å². The molecule has 0 aliphatic heterocycles. The minimum Gasteiger partial charge on any atom is -0.462 e. The van der Waals surface area contributed by atoms with Crippen molar-refractivity contribution >= 4 is 39.5 Å². The Bertz CT molecular complexity index is 3160. The Morgan fingerprint density at radius 3 is 0.724 bits per heavy atom. The first-order chi connectivity index (χ1) is 56.7. The lowest BCUT2D eigenvalue weighted by Gasteiger charge is -2.21. The Hall–Kier alpha value is -7.14. The third-order valence-corrected chi connectivity index (χ3v) is 18.7. The Labute approximate surface area is 701 Å². The molecule has 3 N–H and O–H groups in total. The van der Waals surface area contributed by atoms with Crippen molar-refractivity contribution in [2.45, 2.75) is 303 Å². The number of phosphoric acid groups is 2. The number of phosphoric ester groups is 2. The van der Waals surface area contributed by atoms with Gasteiger partial charge in [-0.2, -0.15) is 0 Å². The standard InChI is InChI=1S/C97H150O17P2/c1-5-9-13-17-21-25-29-33-37-41-45-49-53-57-61-65-69-73-77-81-94(99)107-87-92(113-96(101)83-79-75-71-67-63-59-55-51-47-43-39-35-31-27-23-19-15-11-7-3)89-111-115(103,104)109-85-91(98)86-110-116(105,106)112-90-93(114-97(102)84-80-76-72-68-64-60-56-52-48-44-40-36-32-28-24-20-16-12-8-4)88-108-95(100)82-78-74-70-66-62-58-54-50-46-42-38-34-30-26-22-18-14-10-6-2/h9,13,21-28,33-40,45-52,57-64,70-72,74-76,91-93,98H,5-8,10-12,14-20,29-32,41-44,53-56,65-69,73,77-90H2,1-4H3,(H,103,104)(H,105,106)/b13-9-,25-21-,26-22-,27-23-,28-24-,37-33-,38-34-,39-35-,40-36-,49-45-,50-46-,51-47-,52-48-,61-57-,62-58-,63-59-,64-60-,74-70-,75-71-,76-72-/t91-,92-,93-/m1/s1. The van der Waals surface area contributed by atoms with Gasteiger partial charge in [-0.25, -0.2) is 9.13 Å². The lowest BCUT2D eigenvalue weighted by atomic mass is 10.1. The topological polar surface area (TPSA) is 237 Å². The molecule has 0 radical (unpaired) electrons. The highest BCUT2D eigenvalue weighted by Gasteiger charge is 2.30. The van der Waals surface area contributed by atoms with Crippen molar-refractivity contribution in [1.82, 2.24) is 0 Å². The van der Waals surface area contributed by atoms with Gasteiger partial charge in [0, 0.05) is 25.7 Å². The molecule has 0 aliphatic rings. The van der Waals surface area contributed by atoms with Gasteiger partial charge in [0.05, 0.1) is 26.4 Å². The van der Waals surface area contributed by atoms with Crippen molar-refractivity contribution < 1.29 is 80.2 Å². The quantitative estimate of drug-likeness (QED) is 0.0169. The van der Waals surface area contributed by atoms with Crippen molar-refractivity contribution in [1.29, 1.82) is 0 Å². The van der Waals surface area contributed by atoms with Crippen molar-refractivity contribution in [3.05, 3.63) is 243 Å². The predicted octanol–water partition coefficient (Wildman–Crippen LogP) is 26.3. The van der Waals surface area contributed by atoms with E-state index < -0.39 is 97.5 Å². The molecule has 0 saturated carbocycles. The van der Waals surface area contributed by atoms with E-state index in [4.69, 9.17) is 37.0 Å². The first-order valence-electron chi connectivity index (χ1n) is 43.3. The number of rotatable bonds is 78. The first kappa shape index (κ1) is 109.